The molecule has 2 unspecified atom stereocenters. The molecule has 10 nitrogen and oxygen atoms in total. The first-order valence-electron chi connectivity index (χ1n) is 21.8. The van der Waals surface area contributed by atoms with Crippen LogP contribution in [-0.4, -0.2) is 89.0 Å². The zero-order chi connectivity index (χ0) is 38.8. The minimum atomic E-state index is -1.59. The second-order valence-electron chi connectivity index (χ2n) is 15.2. The molecule has 0 radical (unpaired) electrons. The molecule has 0 aliphatic carbocycles. The van der Waals surface area contributed by atoms with E-state index >= 15 is 0 Å². The highest BCUT2D eigenvalue weighted by molar-refractivity contribution is 5.70. The van der Waals surface area contributed by atoms with Crippen LogP contribution in [0.15, 0.2) is 12.2 Å². The van der Waals surface area contributed by atoms with E-state index in [4.69, 9.17) is 18.9 Å². The smallest absolute Gasteiger partial charge is 0.306 e. The molecule has 53 heavy (non-hydrogen) atoms. The molecule has 1 saturated heterocycles. The van der Waals surface area contributed by atoms with Gasteiger partial charge in [-0.05, 0) is 32.1 Å². The summed E-state index contributed by atoms with van der Waals surface area (Å²) in [6.07, 6.45) is 27.8. The molecular formula is C43H80O10. The fourth-order valence-corrected chi connectivity index (χ4v) is 6.64. The standard InChI is InChI=1S/C43H80O10/c1-3-5-7-9-11-13-15-17-18-20-21-23-25-27-29-31-38(45)50-34-36(35-51-43-42(49)41(48)40(47)37(33-44)53-43)52-39(46)32-30-28-26-24-22-19-16-14-12-10-8-6-4-2/h9,11,36-37,40-44,47-49H,3-8,10,12-35H2,1-2H3/b11-9+/t36-,37-,40+,41?,42?,43-/m0/s1. The van der Waals surface area contributed by atoms with Crippen LogP contribution in [0.5, 0.6) is 0 Å². The number of carbonyl (C=O) groups is 2. The van der Waals surface area contributed by atoms with Crippen LogP contribution in [0, 0.1) is 0 Å². The number of unbranched alkanes of at least 4 members (excludes halogenated alkanes) is 23. The zero-order valence-electron chi connectivity index (χ0n) is 33.8. The van der Waals surface area contributed by atoms with E-state index in [0.717, 1.165) is 38.5 Å². The van der Waals surface area contributed by atoms with Crippen molar-refractivity contribution in [3.05, 3.63) is 12.2 Å². The van der Waals surface area contributed by atoms with E-state index in [9.17, 15) is 30.0 Å². The number of ether oxygens (including phenoxy) is 4. The molecule has 1 aliphatic heterocycles. The Kier molecular flexibility index (Phi) is 32.6. The van der Waals surface area contributed by atoms with Crippen molar-refractivity contribution in [2.75, 3.05) is 19.8 Å². The lowest BCUT2D eigenvalue weighted by Gasteiger charge is -2.39. The maximum atomic E-state index is 12.7. The molecule has 6 atom stereocenters. The van der Waals surface area contributed by atoms with Crippen molar-refractivity contribution in [1.29, 1.82) is 0 Å². The van der Waals surface area contributed by atoms with Crippen LogP contribution in [0.4, 0.5) is 0 Å². The summed E-state index contributed by atoms with van der Waals surface area (Å²) in [5.74, 6) is -0.801. The maximum absolute atomic E-state index is 12.7. The van der Waals surface area contributed by atoms with Crippen molar-refractivity contribution < 1.29 is 49.0 Å². The molecule has 0 aromatic rings. The van der Waals surface area contributed by atoms with Gasteiger partial charge in [-0.1, -0.05) is 161 Å². The first kappa shape index (κ1) is 49.5. The van der Waals surface area contributed by atoms with Crippen LogP contribution in [0.1, 0.15) is 194 Å². The Bertz CT molecular complexity index is 881. The van der Waals surface area contributed by atoms with Crippen molar-refractivity contribution in [3.63, 3.8) is 0 Å². The molecule has 0 spiro atoms. The number of rotatable bonds is 36. The average molecular weight is 757 g/mol. The summed E-state index contributed by atoms with van der Waals surface area (Å²) in [5.41, 5.74) is 0. The normalized spacial score (nSPS) is 20.9. The summed E-state index contributed by atoms with van der Waals surface area (Å²) in [5, 5.41) is 40.0. The van der Waals surface area contributed by atoms with E-state index in [1.54, 1.807) is 0 Å². The van der Waals surface area contributed by atoms with Crippen LogP contribution in [0.2, 0.25) is 0 Å². The zero-order valence-corrected chi connectivity index (χ0v) is 33.8. The van der Waals surface area contributed by atoms with Gasteiger partial charge in [-0.2, -0.15) is 0 Å². The van der Waals surface area contributed by atoms with Gasteiger partial charge in [0.15, 0.2) is 12.4 Å². The quantitative estimate of drug-likeness (QED) is 0.0277. The lowest BCUT2D eigenvalue weighted by Crippen LogP contribution is -2.59. The predicted molar refractivity (Wildman–Crippen MR) is 210 cm³/mol. The van der Waals surface area contributed by atoms with E-state index in [1.165, 1.54) is 122 Å². The van der Waals surface area contributed by atoms with Gasteiger partial charge in [0.25, 0.3) is 0 Å². The SMILES string of the molecule is CCCC/C=C/CCCCCCCCCCCC(=O)OC[C@@H](CO[C@H]1O[C@@H](CO)[C@@H](O)C(O)C1O)OC(=O)CCCCCCCCCCCCCCC. The Morgan fingerprint density at radius 2 is 1.02 bits per heavy atom. The minimum Gasteiger partial charge on any atom is -0.462 e. The fourth-order valence-electron chi connectivity index (χ4n) is 6.64. The van der Waals surface area contributed by atoms with Crippen LogP contribution < -0.4 is 0 Å². The number of aliphatic hydroxyl groups is 4. The van der Waals surface area contributed by atoms with E-state index in [2.05, 4.69) is 26.0 Å². The van der Waals surface area contributed by atoms with Crippen molar-refractivity contribution in [2.45, 2.75) is 230 Å². The van der Waals surface area contributed by atoms with Gasteiger partial charge in [0.1, 0.15) is 31.0 Å². The summed E-state index contributed by atoms with van der Waals surface area (Å²) in [7, 11) is 0. The Morgan fingerprint density at radius 1 is 0.566 bits per heavy atom. The lowest BCUT2D eigenvalue weighted by atomic mass is 9.99. The van der Waals surface area contributed by atoms with E-state index < -0.39 is 49.4 Å². The number of aliphatic hydroxyl groups excluding tert-OH is 4. The van der Waals surface area contributed by atoms with E-state index in [1.807, 2.05) is 0 Å². The van der Waals surface area contributed by atoms with E-state index in [0.29, 0.717) is 6.42 Å². The Balaban J connectivity index is 2.33. The molecule has 10 heteroatoms. The van der Waals surface area contributed by atoms with Crippen molar-refractivity contribution in [2.24, 2.45) is 0 Å². The maximum Gasteiger partial charge on any atom is 0.306 e. The highest BCUT2D eigenvalue weighted by Gasteiger charge is 2.44. The fraction of sp³-hybridized carbons (Fsp3) is 0.907. The van der Waals surface area contributed by atoms with Crippen molar-refractivity contribution >= 4 is 11.9 Å². The second-order valence-corrected chi connectivity index (χ2v) is 15.2. The van der Waals surface area contributed by atoms with Gasteiger partial charge in [0.2, 0.25) is 0 Å². The molecule has 1 aliphatic rings. The van der Waals surface area contributed by atoms with Crippen LogP contribution in [0.3, 0.4) is 0 Å². The molecule has 1 heterocycles. The Labute approximate surface area is 322 Å². The number of allylic oxidation sites excluding steroid dienone is 2. The molecule has 312 valence electrons. The number of hydrogen-bond acceptors (Lipinski definition) is 10. The van der Waals surface area contributed by atoms with Gasteiger partial charge in [-0.3, -0.25) is 9.59 Å². The molecule has 1 rings (SSSR count). The van der Waals surface area contributed by atoms with Crippen LogP contribution in [0.25, 0.3) is 0 Å². The third kappa shape index (κ3) is 26.8. The summed E-state index contributed by atoms with van der Waals surface area (Å²) >= 11 is 0. The average Bonchev–Trinajstić information content (AvgIpc) is 3.15. The predicted octanol–water partition coefficient (Wildman–Crippen LogP) is 8.78. The Morgan fingerprint density at radius 3 is 1.53 bits per heavy atom. The molecule has 1 fully saturated rings. The Hall–Kier alpha value is -1.56. The molecular weight excluding hydrogens is 676 g/mol. The van der Waals surface area contributed by atoms with Gasteiger partial charge < -0.3 is 39.4 Å². The van der Waals surface area contributed by atoms with Gasteiger partial charge in [0.05, 0.1) is 13.2 Å². The first-order valence-corrected chi connectivity index (χ1v) is 21.8. The largest absolute Gasteiger partial charge is 0.462 e. The lowest BCUT2D eigenvalue weighted by molar-refractivity contribution is -0.305. The van der Waals surface area contributed by atoms with Gasteiger partial charge in [-0.25, -0.2) is 0 Å². The van der Waals surface area contributed by atoms with Gasteiger partial charge in [-0.15, -0.1) is 0 Å². The topological polar surface area (TPSA) is 152 Å². The molecule has 0 saturated carbocycles. The summed E-state index contributed by atoms with van der Waals surface area (Å²) in [6, 6.07) is 0. The summed E-state index contributed by atoms with van der Waals surface area (Å²) < 4.78 is 22.1. The minimum absolute atomic E-state index is 0.213. The molecule has 0 amide bonds. The summed E-state index contributed by atoms with van der Waals surface area (Å²) in [4.78, 5) is 25.3. The van der Waals surface area contributed by atoms with Crippen LogP contribution in [-0.2, 0) is 28.5 Å². The molecule has 4 N–H and O–H groups in total. The van der Waals surface area contributed by atoms with Crippen molar-refractivity contribution in [3.8, 4) is 0 Å². The number of hydrogen-bond donors (Lipinski definition) is 4. The third-order valence-corrected chi connectivity index (χ3v) is 10.2. The number of esters is 2. The molecule has 0 aromatic carbocycles. The first-order chi connectivity index (χ1) is 25.8. The van der Waals surface area contributed by atoms with Crippen LogP contribution >= 0.6 is 0 Å². The van der Waals surface area contributed by atoms with Gasteiger partial charge in [0, 0.05) is 12.8 Å². The molecule has 0 aromatic heterocycles. The van der Waals surface area contributed by atoms with E-state index in [-0.39, 0.29) is 32.0 Å². The van der Waals surface area contributed by atoms with Gasteiger partial charge >= 0.3 is 11.9 Å². The highest BCUT2D eigenvalue weighted by Crippen LogP contribution is 2.23. The second kappa shape index (κ2) is 34.9. The summed E-state index contributed by atoms with van der Waals surface area (Å²) in [6.45, 7) is 3.40. The molecule has 0 bridgehead atoms. The highest BCUT2D eigenvalue weighted by atomic mass is 16.7. The third-order valence-electron chi connectivity index (χ3n) is 10.2. The monoisotopic (exact) mass is 757 g/mol. The van der Waals surface area contributed by atoms with Crippen molar-refractivity contribution in [1.82, 2.24) is 0 Å². The number of carbonyl (C=O) groups excluding carboxylic acids is 2.